The van der Waals surface area contributed by atoms with Crippen LogP contribution in [0.2, 0.25) is 0 Å². The van der Waals surface area contributed by atoms with Crippen LogP contribution in [0.4, 0.5) is 0 Å². The van der Waals surface area contributed by atoms with Gasteiger partial charge in [-0.15, -0.1) is 23.2 Å². The second kappa shape index (κ2) is 4.50. The molecule has 2 rings (SSSR count). The zero-order valence-electron chi connectivity index (χ0n) is 8.26. The minimum Gasteiger partial charge on any atom is -0.481 e. The van der Waals surface area contributed by atoms with E-state index in [1.807, 2.05) is 0 Å². The molecule has 1 saturated carbocycles. The average Bonchev–Trinajstić information content (AvgIpc) is 2.77. The fourth-order valence-electron chi connectivity index (χ4n) is 2.18. The summed E-state index contributed by atoms with van der Waals surface area (Å²) in [4.78, 5) is 11.0. The lowest BCUT2D eigenvalue weighted by Gasteiger charge is -2.19. The van der Waals surface area contributed by atoms with Crippen LogP contribution in [-0.2, 0) is 4.79 Å². The van der Waals surface area contributed by atoms with E-state index in [0.29, 0.717) is 21.5 Å². The van der Waals surface area contributed by atoms with E-state index in [1.165, 1.54) is 0 Å². The van der Waals surface area contributed by atoms with Gasteiger partial charge in [0.1, 0.15) is 4.33 Å². The molecule has 0 aliphatic heterocycles. The summed E-state index contributed by atoms with van der Waals surface area (Å²) in [6.45, 7) is 0. The molecule has 0 aromatic heterocycles. The summed E-state index contributed by atoms with van der Waals surface area (Å²) >= 11 is 29.6. The van der Waals surface area contributed by atoms with Gasteiger partial charge in [0.25, 0.3) is 0 Å². The van der Waals surface area contributed by atoms with Crippen molar-refractivity contribution in [1.82, 2.24) is 0 Å². The fourth-order valence-corrected chi connectivity index (χ4v) is 3.83. The Labute approximate surface area is 123 Å². The first kappa shape index (κ1) is 13.8. The van der Waals surface area contributed by atoms with Crippen molar-refractivity contribution in [3.63, 3.8) is 0 Å². The molecule has 17 heavy (non-hydrogen) atoms. The maximum absolute atomic E-state index is 11.0. The van der Waals surface area contributed by atoms with Crippen LogP contribution in [0, 0.1) is 17.8 Å². The SMILES string of the molecule is O=C(O)[C@H]1[C@H](C2C=C(Cl)C(Cl)=C(Cl)C2)C1(Cl)Cl. The second-order valence-electron chi connectivity index (χ2n) is 4.12. The molecule has 0 aromatic carbocycles. The Morgan fingerprint density at radius 3 is 2.35 bits per heavy atom. The normalized spacial score (nSPS) is 35.6. The minimum absolute atomic E-state index is 0.200. The van der Waals surface area contributed by atoms with Crippen LogP contribution >= 0.6 is 58.0 Å². The minimum atomic E-state index is -1.26. The van der Waals surface area contributed by atoms with E-state index in [0.717, 1.165) is 0 Å². The first-order chi connectivity index (χ1) is 7.76. The Morgan fingerprint density at radius 1 is 1.35 bits per heavy atom. The second-order valence-corrected chi connectivity index (χ2v) is 6.80. The average molecular weight is 336 g/mol. The van der Waals surface area contributed by atoms with Gasteiger partial charge in [0.05, 0.1) is 16.0 Å². The van der Waals surface area contributed by atoms with Gasteiger partial charge in [-0.05, 0) is 12.3 Å². The van der Waals surface area contributed by atoms with Crippen LogP contribution < -0.4 is 0 Å². The summed E-state index contributed by atoms with van der Waals surface area (Å²) in [5.41, 5.74) is 0. The molecule has 7 heteroatoms. The smallest absolute Gasteiger partial charge is 0.309 e. The molecule has 0 spiro atoms. The van der Waals surface area contributed by atoms with Crippen molar-refractivity contribution >= 4 is 64.0 Å². The summed E-state index contributed by atoms with van der Waals surface area (Å²) in [7, 11) is 0. The maximum atomic E-state index is 11.0. The van der Waals surface area contributed by atoms with Crippen LogP contribution in [-0.4, -0.2) is 15.4 Å². The van der Waals surface area contributed by atoms with Gasteiger partial charge in [-0.3, -0.25) is 4.79 Å². The molecule has 0 aromatic rings. The highest BCUT2D eigenvalue weighted by atomic mass is 35.5. The van der Waals surface area contributed by atoms with E-state index in [4.69, 9.17) is 63.1 Å². The highest BCUT2D eigenvalue weighted by Gasteiger charge is 2.69. The van der Waals surface area contributed by atoms with Gasteiger partial charge >= 0.3 is 5.97 Å². The molecule has 0 radical (unpaired) electrons. The van der Waals surface area contributed by atoms with Crippen molar-refractivity contribution in [2.45, 2.75) is 10.8 Å². The van der Waals surface area contributed by atoms with Gasteiger partial charge in [-0.25, -0.2) is 0 Å². The molecule has 94 valence electrons. The Morgan fingerprint density at radius 2 is 1.94 bits per heavy atom. The molecule has 1 fully saturated rings. The Kier molecular flexibility index (Phi) is 3.66. The summed E-state index contributed by atoms with van der Waals surface area (Å²) in [5, 5.41) is 10.00. The molecule has 3 atom stereocenters. The predicted molar refractivity (Wildman–Crippen MR) is 69.8 cm³/mol. The highest BCUT2D eigenvalue weighted by Crippen LogP contribution is 2.64. The summed E-state index contributed by atoms with van der Waals surface area (Å²) < 4.78 is -1.26. The zero-order valence-corrected chi connectivity index (χ0v) is 12.0. The van der Waals surface area contributed by atoms with Crippen LogP contribution in [0.15, 0.2) is 21.2 Å². The lowest BCUT2D eigenvalue weighted by Crippen LogP contribution is -2.10. The van der Waals surface area contributed by atoms with Crippen LogP contribution in [0.25, 0.3) is 0 Å². The van der Waals surface area contributed by atoms with Gasteiger partial charge in [-0.1, -0.05) is 40.9 Å². The quantitative estimate of drug-likeness (QED) is 0.763. The maximum Gasteiger partial charge on any atom is 0.309 e. The molecule has 1 N–H and O–H groups in total. The number of aliphatic carboxylic acids is 1. The molecule has 1 unspecified atom stereocenters. The molecule has 0 amide bonds. The Balaban J connectivity index is 2.21. The van der Waals surface area contributed by atoms with Crippen molar-refractivity contribution in [3.05, 3.63) is 21.2 Å². The topological polar surface area (TPSA) is 37.3 Å². The van der Waals surface area contributed by atoms with Gasteiger partial charge in [0.2, 0.25) is 0 Å². The van der Waals surface area contributed by atoms with Crippen molar-refractivity contribution in [2.24, 2.45) is 17.8 Å². The monoisotopic (exact) mass is 334 g/mol. The number of alkyl halides is 2. The third-order valence-corrected chi connectivity index (χ3v) is 5.32. The fraction of sp³-hybridized carbons (Fsp3) is 0.500. The standard InChI is InChI=1S/C10H7Cl5O2/c11-4-1-3(2-5(12)8(4)13)6-7(9(16)17)10(6,14)15/h1,3,6-7H,2H2,(H,16,17)/t3?,6-,7+/m0/s1. The van der Waals surface area contributed by atoms with Crippen molar-refractivity contribution in [3.8, 4) is 0 Å². The summed E-state index contributed by atoms with van der Waals surface area (Å²) in [6, 6.07) is 0. The number of carboxylic acids is 1. The highest BCUT2D eigenvalue weighted by molar-refractivity contribution is 6.53. The number of hydrogen-bond acceptors (Lipinski definition) is 1. The third-order valence-electron chi connectivity index (χ3n) is 3.06. The summed E-state index contributed by atoms with van der Waals surface area (Å²) in [6.07, 6.45) is 2.08. The van der Waals surface area contributed by atoms with Crippen molar-refractivity contribution < 1.29 is 9.90 Å². The van der Waals surface area contributed by atoms with Crippen molar-refractivity contribution in [2.75, 3.05) is 0 Å². The predicted octanol–water partition coefficient (Wildman–Crippen LogP) is 4.32. The van der Waals surface area contributed by atoms with Crippen LogP contribution in [0.5, 0.6) is 0 Å². The van der Waals surface area contributed by atoms with E-state index in [2.05, 4.69) is 0 Å². The largest absolute Gasteiger partial charge is 0.481 e. The molecule has 2 aliphatic carbocycles. The number of rotatable bonds is 2. The first-order valence-corrected chi connectivity index (χ1v) is 6.68. The van der Waals surface area contributed by atoms with E-state index >= 15 is 0 Å². The van der Waals surface area contributed by atoms with Gasteiger partial charge in [-0.2, -0.15) is 0 Å². The van der Waals surface area contributed by atoms with E-state index in [-0.39, 0.29) is 5.92 Å². The van der Waals surface area contributed by atoms with Gasteiger partial charge < -0.3 is 5.11 Å². The Hall–Kier alpha value is 0.400. The molecular weight excluding hydrogens is 329 g/mol. The molecular formula is C10H7Cl5O2. The van der Waals surface area contributed by atoms with E-state index < -0.39 is 22.1 Å². The van der Waals surface area contributed by atoms with Gasteiger partial charge in [0.15, 0.2) is 0 Å². The molecule has 2 nitrogen and oxygen atoms in total. The number of carboxylic acid groups (broad SMARTS) is 1. The zero-order chi connectivity index (χ0) is 13.0. The third kappa shape index (κ3) is 2.31. The summed E-state index contributed by atoms with van der Waals surface area (Å²) in [5.74, 6) is -2.40. The number of halogens is 5. The Bertz CT molecular complexity index is 440. The lowest BCUT2D eigenvalue weighted by atomic mass is 9.94. The molecule has 0 saturated heterocycles. The number of allylic oxidation sites excluding steroid dienone is 4. The van der Waals surface area contributed by atoms with Crippen LogP contribution in [0.3, 0.4) is 0 Å². The van der Waals surface area contributed by atoms with E-state index in [9.17, 15) is 4.79 Å². The lowest BCUT2D eigenvalue weighted by molar-refractivity contribution is -0.139. The van der Waals surface area contributed by atoms with Crippen LogP contribution in [0.1, 0.15) is 6.42 Å². The molecule has 0 heterocycles. The first-order valence-electron chi connectivity index (χ1n) is 4.79. The van der Waals surface area contributed by atoms with E-state index in [1.54, 1.807) is 6.08 Å². The van der Waals surface area contributed by atoms with Gasteiger partial charge in [0, 0.05) is 11.0 Å². The number of hydrogen-bond donors (Lipinski definition) is 1. The van der Waals surface area contributed by atoms with Crippen molar-refractivity contribution in [1.29, 1.82) is 0 Å². The molecule has 2 aliphatic rings. The number of carbonyl (C=O) groups is 1. The molecule has 0 bridgehead atoms.